The third-order valence-corrected chi connectivity index (χ3v) is 6.15. The van der Waals surface area contributed by atoms with Gasteiger partial charge in [-0.1, -0.05) is 75.8 Å². The molecule has 2 rings (SSSR count). The highest BCUT2D eigenvalue weighted by Gasteiger charge is 2.21. The van der Waals surface area contributed by atoms with Crippen LogP contribution in [0.3, 0.4) is 0 Å². The van der Waals surface area contributed by atoms with Crippen molar-refractivity contribution in [3.05, 3.63) is 82.9 Å². The number of nitrogens with zero attached hydrogens (tertiary/aromatic N) is 3. The monoisotopic (exact) mass is 486 g/mol. The Balaban J connectivity index is 0.000000548. The van der Waals surface area contributed by atoms with E-state index < -0.39 is 0 Å². The minimum absolute atomic E-state index is 0.346. The van der Waals surface area contributed by atoms with Crippen molar-refractivity contribution in [2.45, 2.75) is 74.1 Å². The van der Waals surface area contributed by atoms with Crippen LogP contribution in [0.2, 0.25) is 0 Å². The van der Waals surface area contributed by atoms with Gasteiger partial charge in [-0.25, -0.2) is 4.99 Å². The topological polar surface area (TPSA) is 54.0 Å². The van der Waals surface area contributed by atoms with Gasteiger partial charge in [-0.3, -0.25) is 4.99 Å². The van der Waals surface area contributed by atoms with E-state index in [-0.39, 0.29) is 0 Å². The van der Waals surface area contributed by atoms with E-state index in [0.29, 0.717) is 6.54 Å². The van der Waals surface area contributed by atoms with Crippen LogP contribution >= 0.6 is 0 Å². The van der Waals surface area contributed by atoms with Gasteiger partial charge in [0.05, 0.1) is 18.0 Å². The number of fused-ring (bicyclic) bond motifs is 1. The molecule has 0 spiro atoms. The molecule has 0 aromatic rings. The number of hydrogen-bond donors (Lipinski definition) is 1. The number of hydrogen-bond acceptors (Lipinski definition) is 4. The van der Waals surface area contributed by atoms with E-state index in [4.69, 9.17) is 10.7 Å². The van der Waals surface area contributed by atoms with Gasteiger partial charge in [0.15, 0.2) is 0 Å². The summed E-state index contributed by atoms with van der Waals surface area (Å²) in [6.07, 6.45) is 19.3. The maximum atomic E-state index is 5.47. The van der Waals surface area contributed by atoms with Gasteiger partial charge in [0.1, 0.15) is 5.84 Å². The number of unbranched alkanes of at least 4 members (excludes halogenated alkanes) is 1. The molecule has 36 heavy (non-hydrogen) atoms. The van der Waals surface area contributed by atoms with Crippen molar-refractivity contribution in [3.8, 4) is 11.8 Å². The molecule has 2 aliphatic heterocycles. The summed E-state index contributed by atoms with van der Waals surface area (Å²) in [6.45, 7) is 19.5. The molecular formula is C32H46N4. The van der Waals surface area contributed by atoms with Crippen molar-refractivity contribution in [2.75, 3.05) is 13.6 Å². The minimum Gasteiger partial charge on any atom is -0.320 e. The molecule has 0 aromatic carbocycles. The number of amidine groups is 1. The molecule has 0 saturated carbocycles. The van der Waals surface area contributed by atoms with Crippen molar-refractivity contribution in [3.63, 3.8) is 0 Å². The normalized spacial score (nSPS) is 17.7. The molecular weight excluding hydrogens is 440 g/mol. The van der Waals surface area contributed by atoms with Crippen molar-refractivity contribution >= 4 is 11.5 Å². The molecule has 2 heterocycles. The molecule has 0 aromatic heterocycles. The molecule has 1 atom stereocenters. The van der Waals surface area contributed by atoms with Gasteiger partial charge in [-0.2, -0.15) is 0 Å². The number of aliphatic imine (C=N–C) groups is 2. The van der Waals surface area contributed by atoms with Gasteiger partial charge in [0.25, 0.3) is 0 Å². The molecule has 0 fully saturated rings. The van der Waals surface area contributed by atoms with Crippen molar-refractivity contribution in [2.24, 2.45) is 21.6 Å². The minimum atomic E-state index is 0.346. The maximum absolute atomic E-state index is 5.47. The summed E-state index contributed by atoms with van der Waals surface area (Å²) in [5, 5.41) is 0. The van der Waals surface area contributed by atoms with E-state index >= 15 is 0 Å². The van der Waals surface area contributed by atoms with Crippen LogP contribution < -0.4 is 5.73 Å². The predicted molar refractivity (Wildman–Crippen MR) is 160 cm³/mol. The van der Waals surface area contributed by atoms with Crippen LogP contribution in [0, 0.1) is 17.8 Å². The fraction of sp³-hybridized carbons (Fsp3) is 0.438. The van der Waals surface area contributed by atoms with Crippen LogP contribution in [0.4, 0.5) is 0 Å². The second kappa shape index (κ2) is 16.5. The largest absolute Gasteiger partial charge is 0.320 e. The van der Waals surface area contributed by atoms with E-state index in [1.807, 2.05) is 38.3 Å². The average Bonchev–Trinajstić information content (AvgIpc) is 2.88. The first-order valence-electron chi connectivity index (χ1n) is 13.1. The molecule has 194 valence electrons. The Hall–Kier alpha value is -3.16. The first kappa shape index (κ1) is 30.9. The molecule has 1 unspecified atom stereocenters. The van der Waals surface area contributed by atoms with Crippen LogP contribution in [-0.2, 0) is 0 Å². The lowest BCUT2D eigenvalue weighted by Gasteiger charge is -2.28. The molecule has 4 nitrogen and oxygen atoms in total. The quantitative estimate of drug-likeness (QED) is 0.166. The summed E-state index contributed by atoms with van der Waals surface area (Å²) in [5.41, 5.74) is 12.8. The first-order chi connectivity index (χ1) is 17.2. The van der Waals surface area contributed by atoms with Crippen molar-refractivity contribution in [1.82, 2.24) is 4.90 Å². The Morgan fingerprint density at radius 3 is 2.50 bits per heavy atom. The Morgan fingerprint density at radius 1 is 1.22 bits per heavy atom. The van der Waals surface area contributed by atoms with Gasteiger partial charge in [0.2, 0.25) is 0 Å². The van der Waals surface area contributed by atoms with E-state index in [0.717, 1.165) is 52.0 Å². The Bertz CT molecular complexity index is 1070. The standard InChI is InChI=1S/C22H26N4.C10H20/c1-6-8-19-14-21(20(24-5)13-17(4)16(2)3)25-22-11-10-18(9-7-12-23)15-26(19)22;1-5-7-8-10(4)9(3)6-2/h8,10-11,13-15H,2,6,12,23H2,1,3-5H3;8-9H,5-7H2,1-4H3/b17-13+,19-8+,24-20?;10-8-. The van der Waals surface area contributed by atoms with E-state index in [1.165, 1.54) is 19.3 Å². The fourth-order valence-electron chi connectivity index (χ4n) is 3.36. The highest BCUT2D eigenvalue weighted by Crippen LogP contribution is 2.25. The Labute approximate surface area is 220 Å². The number of nitrogens with two attached hydrogens (primary N) is 1. The zero-order valence-electron chi connectivity index (χ0n) is 23.8. The molecule has 0 saturated heterocycles. The Morgan fingerprint density at radius 2 is 1.94 bits per heavy atom. The summed E-state index contributed by atoms with van der Waals surface area (Å²) in [5.74, 6) is 7.60. The van der Waals surface area contributed by atoms with Crippen LogP contribution in [0.1, 0.15) is 74.1 Å². The van der Waals surface area contributed by atoms with Crippen LogP contribution in [0.15, 0.2) is 92.9 Å². The summed E-state index contributed by atoms with van der Waals surface area (Å²) < 4.78 is 0. The molecule has 4 heteroatoms. The molecule has 0 bridgehead atoms. The van der Waals surface area contributed by atoms with Crippen LogP contribution in [-0.4, -0.2) is 30.0 Å². The van der Waals surface area contributed by atoms with Crippen LogP contribution in [0.25, 0.3) is 0 Å². The van der Waals surface area contributed by atoms with E-state index in [9.17, 15) is 0 Å². The van der Waals surface area contributed by atoms with Gasteiger partial charge < -0.3 is 10.6 Å². The van der Waals surface area contributed by atoms with Gasteiger partial charge in [-0.05, 0) is 75.8 Å². The van der Waals surface area contributed by atoms with Gasteiger partial charge in [0, 0.05) is 24.5 Å². The molecule has 2 N–H and O–H groups in total. The molecule has 0 amide bonds. The van der Waals surface area contributed by atoms with E-state index in [2.05, 4.69) is 81.2 Å². The zero-order chi connectivity index (χ0) is 27.1. The smallest absolute Gasteiger partial charge is 0.137 e. The third-order valence-electron chi connectivity index (χ3n) is 6.15. The lowest BCUT2D eigenvalue weighted by Crippen LogP contribution is -2.29. The summed E-state index contributed by atoms with van der Waals surface area (Å²) in [6, 6.07) is 0. The lowest BCUT2D eigenvalue weighted by molar-refractivity contribution is 0.650. The molecule has 2 aliphatic rings. The lowest BCUT2D eigenvalue weighted by atomic mass is 9.99. The SMILES string of the molecule is C=C(C)/C(C)=C/C(=NC)C1=C/C(=C\CC)N2C=C(C#CCN)C=CC2=N1.CCC/C=C(/C)C(C)CC. The van der Waals surface area contributed by atoms with Gasteiger partial charge in [-0.15, -0.1) is 0 Å². The summed E-state index contributed by atoms with van der Waals surface area (Å²) >= 11 is 0. The number of rotatable bonds is 8. The van der Waals surface area contributed by atoms with Gasteiger partial charge >= 0.3 is 0 Å². The van der Waals surface area contributed by atoms with E-state index in [1.54, 1.807) is 12.6 Å². The first-order valence-corrected chi connectivity index (χ1v) is 13.1. The highest BCUT2D eigenvalue weighted by molar-refractivity contribution is 6.12. The Kier molecular flexibility index (Phi) is 14.1. The van der Waals surface area contributed by atoms with Crippen LogP contribution in [0.5, 0.6) is 0 Å². The van der Waals surface area contributed by atoms with Crippen molar-refractivity contribution < 1.29 is 0 Å². The zero-order valence-corrected chi connectivity index (χ0v) is 23.8. The highest BCUT2D eigenvalue weighted by atomic mass is 15.2. The second-order valence-electron chi connectivity index (χ2n) is 9.09. The fourth-order valence-corrected chi connectivity index (χ4v) is 3.36. The van der Waals surface area contributed by atoms with Crippen molar-refractivity contribution in [1.29, 1.82) is 0 Å². The molecule has 0 radical (unpaired) electrons. The average molecular weight is 487 g/mol. The maximum Gasteiger partial charge on any atom is 0.137 e. The summed E-state index contributed by atoms with van der Waals surface area (Å²) in [4.78, 5) is 11.3. The predicted octanol–water partition coefficient (Wildman–Crippen LogP) is 7.67. The number of allylic oxidation sites excluding steroid dienone is 9. The second-order valence-corrected chi connectivity index (χ2v) is 9.09. The molecule has 0 aliphatic carbocycles. The summed E-state index contributed by atoms with van der Waals surface area (Å²) in [7, 11) is 1.78. The third kappa shape index (κ3) is 9.84.